The fourth-order valence-electron chi connectivity index (χ4n) is 1.77. The highest BCUT2D eigenvalue weighted by molar-refractivity contribution is 6.06. The van der Waals surface area contributed by atoms with Crippen LogP contribution in [0.15, 0.2) is 30.3 Å². The van der Waals surface area contributed by atoms with Crippen LogP contribution >= 0.6 is 0 Å². The van der Waals surface area contributed by atoms with Gasteiger partial charge in [-0.05, 0) is 23.8 Å². The van der Waals surface area contributed by atoms with Gasteiger partial charge in [0.15, 0.2) is 0 Å². The third-order valence-corrected chi connectivity index (χ3v) is 2.51. The van der Waals surface area contributed by atoms with Gasteiger partial charge in [-0.1, -0.05) is 29.8 Å². The maximum absolute atomic E-state index is 11.1. The van der Waals surface area contributed by atoms with Crippen LogP contribution in [0, 0.1) is 18.3 Å². The predicted octanol–water partition coefficient (Wildman–Crippen LogP) is 2.72. The van der Waals surface area contributed by atoms with Crippen LogP contribution in [0.25, 0.3) is 10.8 Å². The number of hydrogen-bond donors (Lipinski definition) is 1. The topological polar surface area (TPSA) is 61.1 Å². The maximum Gasteiger partial charge on any atom is 0.337 e. The second-order valence-corrected chi connectivity index (χ2v) is 3.63. The molecular weight excluding hydrogens is 202 g/mol. The molecule has 2 rings (SSSR count). The van der Waals surface area contributed by atoms with Crippen LogP contribution in [-0.4, -0.2) is 11.1 Å². The van der Waals surface area contributed by atoms with Gasteiger partial charge in [0.2, 0.25) is 0 Å². The number of nitrogens with zero attached hydrogens (tertiary/aromatic N) is 1. The van der Waals surface area contributed by atoms with Crippen molar-refractivity contribution in [2.24, 2.45) is 0 Å². The highest BCUT2D eigenvalue weighted by Crippen LogP contribution is 2.23. The average molecular weight is 211 g/mol. The molecule has 0 aliphatic carbocycles. The highest BCUT2D eigenvalue weighted by atomic mass is 16.4. The van der Waals surface area contributed by atoms with Crippen molar-refractivity contribution >= 4 is 16.7 Å². The van der Waals surface area contributed by atoms with E-state index in [-0.39, 0.29) is 11.1 Å². The van der Waals surface area contributed by atoms with Crippen LogP contribution in [0.2, 0.25) is 0 Å². The standard InChI is InChI=1S/C13H9NO2/c1-8-2-5-11-9(6-8)3-4-10(7-14)12(11)13(15)16/h2-6H,1H3,(H,15,16). The van der Waals surface area contributed by atoms with Crippen molar-refractivity contribution in [3.8, 4) is 6.07 Å². The quantitative estimate of drug-likeness (QED) is 0.788. The summed E-state index contributed by atoms with van der Waals surface area (Å²) in [5.74, 6) is -1.06. The highest BCUT2D eigenvalue weighted by Gasteiger charge is 2.13. The minimum atomic E-state index is -1.06. The van der Waals surface area contributed by atoms with E-state index in [1.54, 1.807) is 18.2 Å². The molecule has 0 unspecified atom stereocenters. The molecule has 0 aliphatic heterocycles. The molecular formula is C13H9NO2. The van der Waals surface area contributed by atoms with Crippen molar-refractivity contribution < 1.29 is 9.90 Å². The lowest BCUT2D eigenvalue weighted by Crippen LogP contribution is -2.01. The largest absolute Gasteiger partial charge is 0.478 e. The van der Waals surface area contributed by atoms with Crippen LogP contribution in [-0.2, 0) is 0 Å². The third kappa shape index (κ3) is 1.51. The third-order valence-electron chi connectivity index (χ3n) is 2.51. The van der Waals surface area contributed by atoms with Crippen LogP contribution in [0.4, 0.5) is 0 Å². The molecule has 2 aromatic carbocycles. The summed E-state index contributed by atoms with van der Waals surface area (Å²) in [6, 6.07) is 10.7. The number of fused-ring (bicyclic) bond motifs is 1. The molecule has 0 bridgehead atoms. The van der Waals surface area contributed by atoms with E-state index in [1.807, 2.05) is 25.1 Å². The Morgan fingerprint density at radius 3 is 2.69 bits per heavy atom. The number of aryl methyl sites for hydroxylation is 1. The van der Waals surface area contributed by atoms with Crippen molar-refractivity contribution in [2.45, 2.75) is 6.92 Å². The number of benzene rings is 2. The Morgan fingerprint density at radius 1 is 1.31 bits per heavy atom. The van der Waals surface area contributed by atoms with E-state index in [2.05, 4.69) is 0 Å². The van der Waals surface area contributed by atoms with E-state index in [4.69, 9.17) is 10.4 Å². The Morgan fingerprint density at radius 2 is 2.06 bits per heavy atom. The second-order valence-electron chi connectivity index (χ2n) is 3.63. The first-order valence-corrected chi connectivity index (χ1v) is 4.80. The molecule has 0 atom stereocenters. The van der Waals surface area contributed by atoms with E-state index in [1.165, 1.54) is 0 Å². The van der Waals surface area contributed by atoms with Crippen molar-refractivity contribution in [1.82, 2.24) is 0 Å². The second kappa shape index (κ2) is 3.67. The first-order valence-electron chi connectivity index (χ1n) is 4.80. The van der Waals surface area contributed by atoms with E-state index < -0.39 is 5.97 Å². The number of rotatable bonds is 1. The smallest absolute Gasteiger partial charge is 0.337 e. The fraction of sp³-hybridized carbons (Fsp3) is 0.0769. The van der Waals surface area contributed by atoms with Gasteiger partial charge in [0.05, 0.1) is 11.1 Å². The number of carbonyl (C=O) groups is 1. The van der Waals surface area contributed by atoms with Crippen molar-refractivity contribution in [2.75, 3.05) is 0 Å². The summed E-state index contributed by atoms with van der Waals surface area (Å²) in [6.07, 6.45) is 0. The van der Waals surface area contributed by atoms with Gasteiger partial charge < -0.3 is 5.11 Å². The summed E-state index contributed by atoms with van der Waals surface area (Å²) in [5, 5.41) is 19.4. The zero-order valence-electron chi connectivity index (χ0n) is 8.69. The maximum atomic E-state index is 11.1. The Hall–Kier alpha value is -2.34. The molecule has 3 heteroatoms. The molecule has 2 aromatic rings. The molecule has 0 saturated carbocycles. The number of carboxylic acids is 1. The molecule has 0 saturated heterocycles. The van der Waals surface area contributed by atoms with Crippen molar-refractivity contribution in [3.05, 3.63) is 47.0 Å². The molecule has 0 heterocycles. The van der Waals surface area contributed by atoms with Gasteiger partial charge in [-0.2, -0.15) is 5.26 Å². The zero-order valence-corrected chi connectivity index (χ0v) is 8.69. The van der Waals surface area contributed by atoms with E-state index in [9.17, 15) is 4.79 Å². The molecule has 0 aliphatic rings. The normalized spacial score (nSPS) is 10.0. The monoisotopic (exact) mass is 211 g/mol. The Balaban J connectivity index is 2.91. The Labute approximate surface area is 92.6 Å². The fourth-order valence-corrected chi connectivity index (χ4v) is 1.77. The molecule has 1 N–H and O–H groups in total. The lowest BCUT2D eigenvalue weighted by atomic mass is 9.98. The summed E-state index contributed by atoms with van der Waals surface area (Å²) in [5.41, 5.74) is 1.34. The molecule has 78 valence electrons. The van der Waals surface area contributed by atoms with Crippen molar-refractivity contribution in [1.29, 1.82) is 5.26 Å². The lowest BCUT2D eigenvalue weighted by molar-refractivity contribution is 0.0698. The summed E-state index contributed by atoms with van der Waals surface area (Å²) in [4.78, 5) is 11.1. The SMILES string of the molecule is Cc1ccc2c(C(=O)O)c(C#N)ccc2c1. The van der Waals surface area contributed by atoms with Gasteiger partial charge in [0.25, 0.3) is 0 Å². The van der Waals surface area contributed by atoms with Crippen LogP contribution < -0.4 is 0 Å². The molecule has 0 spiro atoms. The van der Waals surface area contributed by atoms with Gasteiger partial charge in [-0.15, -0.1) is 0 Å². The van der Waals surface area contributed by atoms with Gasteiger partial charge in [0.1, 0.15) is 6.07 Å². The van der Waals surface area contributed by atoms with Gasteiger partial charge in [0, 0.05) is 0 Å². The molecule has 0 fully saturated rings. The number of aromatic carboxylic acids is 1. The molecule has 0 aromatic heterocycles. The molecule has 16 heavy (non-hydrogen) atoms. The van der Waals surface area contributed by atoms with Gasteiger partial charge >= 0.3 is 5.97 Å². The summed E-state index contributed by atoms with van der Waals surface area (Å²) < 4.78 is 0. The summed E-state index contributed by atoms with van der Waals surface area (Å²) in [7, 11) is 0. The first-order chi connectivity index (χ1) is 7.63. The average Bonchev–Trinajstić information content (AvgIpc) is 2.26. The summed E-state index contributed by atoms with van der Waals surface area (Å²) in [6.45, 7) is 1.94. The predicted molar refractivity (Wildman–Crippen MR) is 60.4 cm³/mol. The van der Waals surface area contributed by atoms with E-state index in [0.29, 0.717) is 5.39 Å². The minimum absolute atomic E-state index is 0.0833. The number of carboxylic acid groups (broad SMARTS) is 1. The van der Waals surface area contributed by atoms with Gasteiger partial charge in [-0.25, -0.2) is 4.79 Å². The van der Waals surface area contributed by atoms with Crippen LogP contribution in [0.5, 0.6) is 0 Å². The number of nitriles is 1. The molecule has 0 amide bonds. The Bertz CT molecular complexity index is 624. The van der Waals surface area contributed by atoms with Gasteiger partial charge in [-0.3, -0.25) is 0 Å². The van der Waals surface area contributed by atoms with E-state index >= 15 is 0 Å². The number of hydrogen-bond acceptors (Lipinski definition) is 2. The molecule has 3 nitrogen and oxygen atoms in total. The zero-order chi connectivity index (χ0) is 11.7. The van der Waals surface area contributed by atoms with Crippen LogP contribution in [0.3, 0.4) is 0 Å². The van der Waals surface area contributed by atoms with E-state index in [0.717, 1.165) is 10.9 Å². The Kier molecular flexibility index (Phi) is 2.34. The van der Waals surface area contributed by atoms with Crippen LogP contribution in [0.1, 0.15) is 21.5 Å². The first kappa shape index (κ1) is 10.2. The lowest BCUT2D eigenvalue weighted by Gasteiger charge is -2.05. The molecule has 0 radical (unpaired) electrons. The minimum Gasteiger partial charge on any atom is -0.478 e. The summed E-state index contributed by atoms with van der Waals surface area (Å²) >= 11 is 0. The van der Waals surface area contributed by atoms with Crippen molar-refractivity contribution in [3.63, 3.8) is 0 Å².